The Bertz CT molecular complexity index is 409. The van der Waals surface area contributed by atoms with Gasteiger partial charge in [-0.05, 0) is 33.6 Å². The summed E-state index contributed by atoms with van der Waals surface area (Å²) in [5, 5.41) is 9.21. The number of hydrogen-bond donors (Lipinski definition) is 3. The van der Waals surface area contributed by atoms with Crippen LogP contribution in [0.2, 0.25) is 0 Å². The summed E-state index contributed by atoms with van der Waals surface area (Å²) in [6, 6.07) is 0. The first-order chi connectivity index (χ1) is 11.1. The van der Waals surface area contributed by atoms with Crippen LogP contribution in [0.1, 0.15) is 40.0 Å². The third kappa shape index (κ3) is 9.29. The minimum atomic E-state index is 0. The second-order valence-corrected chi connectivity index (χ2v) is 5.57. The number of halogens is 1. The van der Waals surface area contributed by atoms with Crippen molar-refractivity contribution in [1.29, 1.82) is 0 Å². The molecule has 0 aliphatic heterocycles. The summed E-state index contributed by atoms with van der Waals surface area (Å²) < 4.78 is 0. The highest BCUT2D eigenvalue weighted by Gasteiger charge is 2.28. The van der Waals surface area contributed by atoms with E-state index in [-0.39, 0.29) is 41.7 Å². The molecule has 140 valence electrons. The van der Waals surface area contributed by atoms with Crippen LogP contribution in [-0.4, -0.2) is 61.9 Å². The maximum atomic E-state index is 11.9. The highest BCUT2D eigenvalue weighted by Crippen LogP contribution is 2.28. The molecule has 0 radical (unpaired) electrons. The fraction of sp³-hybridized carbons (Fsp3) is 0.812. The second-order valence-electron chi connectivity index (χ2n) is 5.57. The molecule has 0 bridgehead atoms. The second kappa shape index (κ2) is 13.3. The van der Waals surface area contributed by atoms with E-state index in [1.165, 1.54) is 0 Å². The van der Waals surface area contributed by atoms with Crippen molar-refractivity contribution in [3.63, 3.8) is 0 Å². The van der Waals surface area contributed by atoms with Gasteiger partial charge in [0.15, 0.2) is 5.96 Å². The van der Waals surface area contributed by atoms with Gasteiger partial charge in [0.25, 0.3) is 0 Å². The molecule has 1 aliphatic carbocycles. The first-order valence-electron chi connectivity index (χ1n) is 8.69. The quantitative estimate of drug-likeness (QED) is 0.199. The van der Waals surface area contributed by atoms with E-state index in [4.69, 9.17) is 0 Å². The Hall–Kier alpha value is -1.06. The summed E-state index contributed by atoms with van der Waals surface area (Å²) in [7, 11) is 0. The van der Waals surface area contributed by atoms with E-state index in [1.54, 1.807) is 0 Å². The lowest BCUT2D eigenvalue weighted by Gasteiger charge is -2.18. The van der Waals surface area contributed by atoms with Crippen molar-refractivity contribution in [2.45, 2.75) is 40.0 Å². The Labute approximate surface area is 162 Å². The standard InChI is InChI=1S/C16H31N5O2.HI/c1-4-17-16(19-10-9-14(22)21(5-2)6-3)20-12-11-18-15(23)13-7-8-13;/h13H,4-12H2,1-3H3,(H,18,23)(H2,17,19,20);1H. The average Bonchev–Trinajstić information content (AvgIpc) is 3.37. The van der Waals surface area contributed by atoms with Crippen LogP contribution in [0, 0.1) is 5.92 Å². The summed E-state index contributed by atoms with van der Waals surface area (Å²) in [5.74, 6) is 1.20. The molecule has 1 fully saturated rings. The predicted molar refractivity (Wildman–Crippen MR) is 108 cm³/mol. The number of guanidine groups is 1. The minimum Gasteiger partial charge on any atom is -0.357 e. The van der Waals surface area contributed by atoms with Gasteiger partial charge in [0.05, 0.1) is 6.54 Å². The Kier molecular flexibility index (Phi) is 12.7. The zero-order valence-electron chi connectivity index (χ0n) is 15.1. The smallest absolute Gasteiger partial charge is 0.224 e. The summed E-state index contributed by atoms with van der Waals surface area (Å²) in [6.07, 6.45) is 2.45. The van der Waals surface area contributed by atoms with E-state index in [0.29, 0.717) is 32.0 Å². The van der Waals surface area contributed by atoms with E-state index >= 15 is 0 Å². The minimum absolute atomic E-state index is 0. The van der Waals surface area contributed by atoms with Crippen LogP contribution >= 0.6 is 24.0 Å². The van der Waals surface area contributed by atoms with Crippen LogP contribution < -0.4 is 16.0 Å². The van der Waals surface area contributed by atoms with E-state index in [2.05, 4.69) is 20.9 Å². The number of nitrogens with zero attached hydrogens (tertiary/aromatic N) is 2. The molecule has 8 heteroatoms. The number of aliphatic imine (C=N–C) groups is 1. The summed E-state index contributed by atoms with van der Waals surface area (Å²) in [6.45, 7) is 9.83. The van der Waals surface area contributed by atoms with Crippen molar-refractivity contribution in [3.05, 3.63) is 0 Å². The molecule has 3 N–H and O–H groups in total. The SMILES string of the molecule is CCNC(=NCCC(=O)N(CC)CC)NCCNC(=O)C1CC1.I. The van der Waals surface area contributed by atoms with Crippen LogP contribution in [0.25, 0.3) is 0 Å². The van der Waals surface area contributed by atoms with E-state index in [9.17, 15) is 9.59 Å². The lowest BCUT2D eigenvalue weighted by Crippen LogP contribution is -2.42. The zero-order chi connectivity index (χ0) is 17.1. The lowest BCUT2D eigenvalue weighted by atomic mass is 10.3. The van der Waals surface area contributed by atoms with Crippen molar-refractivity contribution in [2.75, 3.05) is 39.3 Å². The van der Waals surface area contributed by atoms with Gasteiger partial charge >= 0.3 is 0 Å². The summed E-state index contributed by atoms with van der Waals surface area (Å²) in [4.78, 5) is 29.6. The molecule has 0 aromatic carbocycles. The molecular formula is C16H32IN5O2. The molecule has 1 aliphatic rings. The third-order valence-corrected chi connectivity index (χ3v) is 3.72. The lowest BCUT2D eigenvalue weighted by molar-refractivity contribution is -0.130. The molecule has 0 heterocycles. The van der Waals surface area contributed by atoms with Gasteiger partial charge in [-0.2, -0.15) is 0 Å². The van der Waals surface area contributed by atoms with Gasteiger partial charge in [0, 0.05) is 45.1 Å². The predicted octanol–water partition coefficient (Wildman–Crippen LogP) is 0.944. The van der Waals surface area contributed by atoms with Gasteiger partial charge in [0.1, 0.15) is 0 Å². The van der Waals surface area contributed by atoms with E-state index in [1.807, 2.05) is 25.7 Å². The van der Waals surface area contributed by atoms with E-state index < -0.39 is 0 Å². The first kappa shape index (κ1) is 22.9. The Morgan fingerprint density at radius 3 is 2.21 bits per heavy atom. The zero-order valence-corrected chi connectivity index (χ0v) is 17.4. The molecule has 0 spiro atoms. The molecule has 24 heavy (non-hydrogen) atoms. The van der Waals surface area contributed by atoms with Gasteiger partial charge in [-0.25, -0.2) is 0 Å². The fourth-order valence-electron chi connectivity index (χ4n) is 2.20. The number of carbonyl (C=O) groups excluding carboxylic acids is 2. The van der Waals surface area contributed by atoms with Crippen molar-refractivity contribution < 1.29 is 9.59 Å². The first-order valence-corrected chi connectivity index (χ1v) is 8.69. The van der Waals surface area contributed by atoms with Gasteiger partial charge in [-0.3, -0.25) is 14.6 Å². The van der Waals surface area contributed by atoms with Crippen molar-refractivity contribution in [2.24, 2.45) is 10.9 Å². The van der Waals surface area contributed by atoms with Crippen LogP contribution in [0.15, 0.2) is 4.99 Å². The van der Waals surface area contributed by atoms with Crippen LogP contribution in [-0.2, 0) is 9.59 Å². The average molecular weight is 453 g/mol. The van der Waals surface area contributed by atoms with Gasteiger partial charge in [-0.1, -0.05) is 0 Å². The highest BCUT2D eigenvalue weighted by atomic mass is 127. The van der Waals surface area contributed by atoms with E-state index in [0.717, 1.165) is 32.5 Å². The van der Waals surface area contributed by atoms with Crippen LogP contribution in [0.4, 0.5) is 0 Å². The van der Waals surface area contributed by atoms with Gasteiger partial charge < -0.3 is 20.9 Å². The van der Waals surface area contributed by atoms with Crippen molar-refractivity contribution in [3.8, 4) is 0 Å². The van der Waals surface area contributed by atoms with Gasteiger partial charge in [-0.15, -0.1) is 24.0 Å². The fourth-order valence-corrected chi connectivity index (χ4v) is 2.20. The topological polar surface area (TPSA) is 85.8 Å². The molecule has 0 aromatic heterocycles. The molecular weight excluding hydrogens is 421 g/mol. The normalized spacial score (nSPS) is 13.7. The van der Waals surface area contributed by atoms with Crippen molar-refractivity contribution >= 4 is 41.8 Å². The Morgan fingerprint density at radius 2 is 1.67 bits per heavy atom. The number of carbonyl (C=O) groups is 2. The number of nitrogens with one attached hydrogen (secondary N) is 3. The van der Waals surface area contributed by atoms with Gasteiger partial charge in [0.2, 0.25) is 11.8 Å². The third-order valence-electron chi connectivity index (χ3n) is 3.72. The Balaban J connectivity index is 0.00000529. The molecule has 0 saturated heterocycles. The molecule has 0 unspecified atom stereocenters. The molecule has 0 atom stereocenters. The number of amides is 2. The molecule has 1 saturated carbocycles. The molecule has 2 amide bonds. The largest absolute Gasteiger partial charge is 0.357 e. The summed E-state index contributed by atoms with van der Waals surface area (Å²) >= 11 is 0. The summed E-state index contributed by atoms with van der Waals surface area (Å²) in [5.41, 5.74) is 0. The van der Waals surface area contributed by atoms with Crippen LogP contribution in [0.3, 0.4) is 0 Å². The molecule has 7 nitrogen and oxygen atoms in total. The van der Waals surface area contributed by atoms with Crippen LogP contribution in [0.5, 0.6) is 0 Å². The number of hydrogen-bond acceptors (Lipinski definition) is 3. The monoisotopic (exact) mass is 453 g/mol. The molecule has 0 aromatic rings. The Morgan fingerprint density at radius 1 is 1.04 bits per heavy atom. The highest BCUT2D eigenvalue weighted by molar-refractivity contribution is 14.0. The maximum Gasteiger partial charge on any atom is 0.224 e. The maximum absolute atomic E-state index is 11.9. The molecule has 1 rings (SSSR count). The van der Waals surface area contributed by atoms with Crippen molar-refractivity contribution in [1.82, 2.24) is 20.9 Å². The number of rotatable bonds is 10.